The molecule has 1 heterocycles. The lowest BCUT2D eigenvalue weighted by atomic mass is 10.2. The molecule has 1 aromatic heterocycles. The van der Waals surface area contributed by atoms with Crippen LogP contribution in [0.25, 0.3) is 6.08 Å². The van der Waals surface area contributed by atoms with Crippen LogP contribution in [0.5, 0.6) is 0 Å². The topological polar surface area (TPSA) is 78.1 Å². The third kappa shape index (κ3) is 3.44. The average molecular weight is 247 g/mol. The maximum atomic E-state index is 12.5. The molecule has 0 aromatic carbocycles. The van der Waals surface area contributed by atoms with E-state index in [2.05, 4.69) is 14.7 Å². The number of methoxy groups -OCH3 is 1. The summed E-state index contributed by atoms with van der Waals surface area (Å²) in [4.78, 5) is 17.3. The quantitative estimate of drug-likeness (QED) is 0.628. The van der Waals surface area contributed by atoms with Crippen LogP contribution in [0.2, 0.25) is 0 Å². The highest BCUT2D eigenvalue weighted by atomic mass is 19.4. The maximum absolute atomic E-state index is 12.5. The molecule has 0 saturated heterocycles. The normalized spacial score (nSPS) is 11.8. The number of halogens is 3. The number of anilines is 1. The summed E-state index contributed by atoms with van der Waals surface area (Å²) in [5.41, 5.74) is 3.50. The highest BCUT2D eigenvalue weighted by Crippen LogP contribution is 2.30. The zero-order chi connectivity index (χ0) is 13.1. The van der Waals surface area contributed by atoms with Gasteiger partial charge in [0.1, 0.15) is 0 Å². The molecule has 17 heavy (non-hydrogen) atoms. The van der Waals surface area contributed by atoms with Gasteiger partial charge in [-0.2, -0.15) is 13.2 Å². The van der Waals surface area contributed by atoms with Crippen molar-refractivity contribution in [3.63, 3.8) is 0 Å². The first kappa shape index (κ1) is 12.9. The zero-order valence-electron chi connectivity index (χ0n) is 8.65. The third-order valence-electron chi connectivity index (χ3n) is 1.70. The number of ether oxygens (including phenoxy) is 1. The summed E-state index contributed by atoms with van der Waals surface area (Å²) >= 11 is 0. The lowest BCUT2D eigenvalue weighted by Gasteiger charge is -2.08. The Labute approximate surface area is 94.1 Å². The highest BCUT2D eigenvalue weighted by molar-refractivity contribution is 5.87. The predicted molar refractivity (Wildman–Crippen MR) is 52.5 cm³/mol. The molecule has 1 rings (SSSR count). The maximum Gasteiger partial charge on any atom is 0.434 e. The van der Waals surface area contributed by atoms with Gasteiger partial charge >= 0.3 is 12.1 Å². The molecule has 0 aliphatic rings. The molecule has 0 bridgehead atoms. The van der Waals surface area contributed by atoms with Crippen LogP contribution in [-0.2, 0) is 15.7 Å². The van der Waals surface area contributed by atoms with Crippen molar-refractivity contribution < 1.29 is 22.7 Å². The van der Waals surface area contributed by atoms with Gasteiger partial charge in [-0.15, -0.1) is 0 Å². The van der Waals surface area contributed by atoms with E-state index in [0.717, 1.165) is 25.5 Å². The van der Waals surface area contributed by atoms with Crippen molar-refractivity contribution in [3.05, 3.63) is 23.5 Å². The first-order valence-corrected chi connectivity index (χ1v) is 4.30. The Balaban J connectivity index is 3.16. The fourth-order valence-electron chi connectivity index (χ4n) is 0.980. The smallest absolute Gasteiger partial charge is 0.434 e. The average Bonchev–Trinajstić information content (AvgIpc) is 2.25. The second kappa shape index (κ2) is 4.81. The van der Waals surface area contributed by atoms with Crippen LogP contribution in [-0.4, -0.2) is 23.0 Å². The number of carbonyl (C=O) groups is 1. The first-order valence-electron chi connectivity index (χ1n) is 4.30. The van der Waals surface area contributed by atoms with Crippen molar-refractivity contribution >= 4 is 18.0 Å². The SMILES string of the molecule is COC(=O)C=Cc1cnc(N)nc1C(F)(F)F. The van der Waals surface area contributed by atoms with Crippen LogP contribution in [0.3, 0.4) is 0 Å². The lowest BCUT2D eigenvalue weighted by molar-refractivity contribution is -0.141. The zero-order valence-corrected chi connectivity index (χ0v) is 8.65. The van der Waals surface area contributed by atoms with E-state index in [9.17, 15) is 18.0 Å². The summed E-state index contributed by atoms with van der Waals surface area (Å²) in [6, 6.07) is 0. The predicted octanol–water partition coefficient (Wildman–Crippen LogP) is 1.26. The Morgan fingerprint density at radius 2 is 2.18 bits per heavy atom. The summed E-state index contributed by atoms with van der Waals surface area (Å²) < 4.78 is 41.9. The van der Waals surface area contributed by atoms with E-state index in [1.807, 2.05) is 0 Å². The summed E-state index contributed by atoms with van der Waals surface area (Å²) in [6.07, 6.45) is -2.05. The standard InChI is InChI=1S/C9H8F3N3O2/c1-17-6(16)3-2-5-4-14-8(13)15-7(5)9(10,11)12/h2-4H,1H3,(H2,13,14,15). The molecular weight excluding hydrogens is 239 g/mol. The van der Waals surface area contributed by atoms with Crippen molar-refractivity contribution in [1.29, 1.82) is 0 Å². The Kier molecular flexibility index (Phi) is 3.66. The number of aromatic nitrogens is 2. The minimum Gasteiger partial charge on any atom is -0.466 e. The molecule has 2 N–H and O–H groups in total. The number of carbonyl (C=O) groups excluding carboxylic acids is 1. The van der Waals surface area contributed by atoms with Crippen molar-refractivity contribution in [2.24, 2.45) is 0 Å². The number of nitrogens with zero attached hydrogens (tertiary/aromatic N) is 2. The van der Waals surface area contributed by atoms with Crippen molar-refractivity contribution in [2.75, 3.05) is 12.8 Å². The van der Waals surface area contributed by atoms with Crippen molar-refractivity contribution in [1.82, 2.24) is 9.97 Å². The second-order valence-corrected chi connectivity index (χ2v) is 2.89. The molecule has 0 radical (unpaired) electrons. The van der Waals surface area contributed by atoms with Crippen molar-refractivity contribution in [2.45, 2.75) is 6.18 Å². The number of esters is 1. The van der Waals surface area contributed by atoms with Gasteiger partial charge in [-0.3, -0.25) is 0 Å². The van der Waals surface area contributed by atoms with E-state index >= 15 is 0 Å². The Morgan fingerprint density at radius 1 is 1.53 bits per heavy atom. The van der Waals surface area contributed by atoms with Crippen LogP contribution in [0, 0.1) is 0 Å². The van der Waals surface area contributed by atoms with Crippen molar-refractivity contribution in [3.8, 4) is 0 Å². The molecule has 0 aliphatic heterocycles. The summed E-state index contributed by atoms with van der Waals surface area (Å²) in [7, 11) is 1.11. The van der Waals surface area contributed by atoms with Gasteiger partial charge < -0.3 is 10.5 Å². The molecule has 0 amide bonds. The van der Waals surface area contributed by atoms with Crippen LogP contribution >= 0.6 is 0 Å². The highest BCUT2D eigenvalue weighted by Gasteiger charge is 2.35. The number of rotatable bonds is 2. The largest absolute Gasteiger partial charge is 0.466 e. The number of hydrogen-bond acceptors (Lipinski definition) is 5. The van der Waals surface area contributed by atoms with E-state index in [4.69, 9.17) is 5.73 Å². The lowest BCUT2D eigenvalue weighted by Crippen LogP contribution is -2.13. The van der Waals surface area contributed by atoms with Gasteiger partial charge in [0.05, 0.1) is 7.11 Å². The van der Waals surface area contributed by atoms with Gasteiger partial charge in [-0.05, 0) is 6.08 Å². The van der Waals surface area contributed by atoms with Gasteiger partial charge in [-0.25, -0.2) is 14.8 Å². The van der Waals surface area contributed by atoms with Gasteiger partial charge in [-0.1, -0.05) is 0 Å². The summed E-state index contributed by atoms with van der Waals surface area (Å²) in [5.74, 6) is -1.28. The van der Waals surface area contributed by atoms with Gasteiger partial charge in [0.15, 0.2) is 5.69 Å². The Bertz CT molecular complexity index is 457. The molecule has 5 nitrogen and oxygen atoms in total. The number of nitrogens with two attached hydrogens (primary N) is 1. The van der Waals surface area contributed by atoms with E-state index < -0.39 is 23.8 Å². The van der Waals surface area contributed by atoms with Gasteiger partial charge in [0.25, 0.3) is 0 Å². The molecule has 0 atom stereocenters. The minimum absolute atomic E-state index is 0.364. The van der Waals surface area contributed by atoms with E-state index in [1.54, 1.807) is 0 Å². The van der Waals surface area contributed by atoms with E-state index in [0.29, 0.717) is 0 Å². The molecule has 0 spiro atoms. The molecule has 0 fully saturated rings. The number of nitrogen functional groups attached to an aromatic ring is 1. The summed E-state index contributed by atoms with van der Waals surface area (Å²) in [6.45, 7) is 0. The first-order chi connectivity index (χ1) is 7.84. The second-order valence-electron chi connectivity index (χ2n) is 2.89. The number of hydrogen-bond donors (Lipinski definition) is 1. The molecule has 92 valence electrons. The van der Waals surface area contributed by atoms with Gasteiger partial charge in [0.2, 0.25) is 5.95 Å². The van der Waals surface area contributed by atoms with Crippen LogP contribution in [0.4, 0.5) is 19.1 Å². The monoisotopic (exact) mass is 247 g/mol. The fraction of sp³-hybridized carbons (Fsp3) is 0.222. The van der Waals surface area contributed by atoms with Crippen LogP contribution in [0.15, 0.2) is 12.3 Å². The minimum atomic E-state index is -4.67. The summed E-state index contributed by atoms with van der Waals surface area (Å²) in [5, 5.41) is 0. The molecule has 0 saturated carbocycles. The van der Waals surface area contributed by atoms with E-state index in [-0.39, 0.29) is 5.56 Å². The third-order valence-corrected chi connectivity index (χ3v) is 1.70. The van der Waals surface area contributed by atoms with Gasteiger partial charge in [0, 0.05) is 17.8 Å². The van der Waals surface area contributed by atoms with Crippen LogP contribution in [0.1, 0.15) is 11.3 Å². The Hall–Kier alpha value is -2.12. The fourth-order valence-corrected chi connectivity index (χ4v) is 0.980. The molecule has 1 aromatic rings. The number of alkyl halides is 3. The van der Waals surface area contributed by atoms with E-state index in [1.165, 1.54) is 0 Å². The molecule has 8 heteroatoms. The Morgan fingerprint density at radius 3 is 2.71 bits per heavy atom. The van der Waals surface area contributed by atoms with Crippen LogP contribution < -0.4 is 5.73 Å². The molecular formula is C9H8F3N3O2. The molecule has 0 aliphatic carbocycles. The molecule has 0 unspecified atom stereocenters.